The smallest absolute Gasteiger partial charge is 0.253 e. The molecular weight excluding hydrogens is 223 g/mol. The van der Waals surface area contributed by atoms with E-state index >= 15 is 0 Å². The number of nitrogens with zero attached hydrogens (tertiary/aromatic N) is 1. The van der Waals surface area contributed by atoms with Crippen LogP contribution in [0, 0.1) is 5.82 Å². The lowest BCUT2D eigenvalue weighted by atomic mass is 10.1. The maximum Gasteiger partial charge on any atom is 0.253 e. The third-order valence-corrected chi connectivity index (χ3v) is 2.06. The minimum Gasteiger partial charge on any atom is -0.410 e. The topological polar surface area (TPSA) is 61.7 Å². The SMILES string of the molecule is CNC(=O)c1ccc(C(Cl)=NO)cc1F. The number of benzene rings is 1. The molecule has 1 aromatic carbocycles. The fourth-order valence-corrected chi connectivity index (χ4v) is 1.14. The number of halogens is 2. The molecule has 2 N–H and O–H groups in total. The van der Waals surface area contributed by atoms with Gasteiger partial charge in [-0.2, -0.15) is 0 Å². The van der Waals surface area contributed by atoms with Crippen LogP contribution >= 0.6 is 11.6 Å². The van der Waals surface area contributed by atoms with Crippen molar-refractivity contribution in [2.75, 3.05) is 7.05 Å². The van der Waals surface area contributed by atoms with Gasteiger partial charge in [0, 0.05) is 12.6 Å². The average molecular weight is 231 g/mol. The summed E-state index contributed by atoms with van der Waals surface area (Å²) < 4.78 is 13.3. The van der Waals surface area contributed by atoms with E-state index in [0.717, 1.165) is 6.07 Å². The van der Waals surface area contributed by atoms with Gasteiger partial charge in [0.05, 0.1) is 5.56 Å². The molecule has 0 aromatic heterocycles. The lowest BCUT2D eigenvalue weighted by molar-refractivity contribution is 0.0959. The van der Waals surface area contributed by atoms with Crippen molar-refractivity contribution in [2.45, 2.75) is 0 Å². The van der Waals surface area contributed by atoms with Crippen LogP contribution in [0.25, 0.3) is 0 Å². The summed E-state index contributed by atoms with van der Waals surface area (Å²) in [7, 11) is 1.40. The van der Waals surface area contributed by atoms with Crippen LogP contribution in [0.15, 0.2) is 23.4 Å². The predicted molar refractivity (Wildman–Crippen MR) is 54.0 cm³/mol. The number of amides is 1. The van der Waals surface area contributed by atoms with Crippen LogP contribution in [0.3, 0.4) is 0 Å². The molecule has 1 rings (SSSR count). The first-order valence-corrected chi connectivity index (χ1v) is 4.37. The first-order chi connectivity index (χ1) is 7.10. The summed E-state index contributed by atoms with van der Waals surface area (Å²) in [6.45, 7) is 0. The van der Waals surface area contributed by atoms with E-state index in [0.29, 0.717) is 0 Å². The molecule has 0 radical (unpaired) electrons. The van der Waals surface area contributed by atoms with Gasteiger partial charge in [0.15, 0.2) is 5.17 Å². The van der Waals surface area contributed by atoms with Crippen LogP contribution in [-0.2, 0) is 0 Å². The summed E-state index contributed by atoms with van der Waals surface area (Å²) in [5.41, 5.74) is 0.105. The molecule has 0 aliphatic carbocycles. The molecule has 1 amide bonds. The molecule has 0 saturated heterocycles. The van der Waals surface area contributed by atoms with Gasteiger partial charge in [-0.1, -0.05) is 22.8 Å². The second-order valence-electron chi connectivity index (χ2n) is 2.66. The first kappa shape index (κ1) is 11.5. The van der Waals surface area contributed by atoms with Crippen molar-refractivity contribution in [1.29, 1.82) is 0 Å². The Balaban J connectivity index is 3.14. The fourth-order valence-electron chi connectivity index (χ4n) is 1.02. The molecule has 0 aliphatic rings. The molecule has 0 atom stereocenters. The molecule has 0 unspecified atom stereocenters. The highest BCUT2D eigenvalue weighted by Gasteiger charge is 2.11. The Bertz CT molecular complexity index is 421. The number of rotatable bonds is 2. The first-order valence-electron chi connectivity index (χ1n) is 3.99. The normalized spacial score (nSPS) is 11.3. The van der Waals surface area contributed by atoms with Crippen molar-refractivity contribution in [3.8, 4) is 0 Å². The Morgan fingerprint density at radius 1 is 1.60 bits per heavy atom. The van der Waals surface area contributed by atoms with Crippen LogP contribution in [0.2, 0.25) is 0 Å². The number of carbonyl (C=O) groups is 1. The van der Waals surface area contributed by atoms with Gasteiger partial charge in [-0.05, 0) is 12.1 Å². The quantitative estimate of drug-likeness (QED) is 0.460. The van der Waals surface area contributed by atoms with Crippen molar-refractivity contribution in [1.82, 2.24) is 5.32 Å². The molecule has 0 heterocycles. The predicted octanol–water partition coefficient (Wildman–Crippen LogP) is 1.56. The summed E-state index contributed by atoms with van der Waals surface area (Å²) in [6, 6.07) is 3.67. The lowest BCUT2D eigenvalue weighted by Crippen LogP contribution is -2.19. The largest absolute Gasteiger partial charge is 0.410 e. The monoisotopic (exact) mass is 230 g/mol. The van der Waals surface area contributed by atoms with E-state index in [9.17, 15) is 9.18 Å². The van der Waals surface area contributed by atoms with Crippen LogP contribution in [0.4, 0.5) is 4.39 Å². The lowest BCUT2D eigenvalue weighted by Gasteiger charge is -2.03. The highest BCUT2D eigenvalue weighted by atomic mass is 35.5. The van der Waals surface area contributed by atoms with Crippen LogP contribution in [0.1, 0.15) is 15.9 Å². The minimum atomic E-state index is -0.728. The zero-order chi connectivity index (χ0) is 11.4. The van der Waals surface area contributed by atoms with Crippen LogP contribution in [-0.4, -0.2) is 23.3 Å². The van der Waals surface area contributed by atoms with E-state index in [2.05, 4.69) is 10.5 Å². The van der Waals surface area contributed by atoms with Crippen LogP contribution in [0.5, 0.6) is 0 Å². The number of hydrogen-bond donors (Lipinski definition) is 2. The molecule has 0 fully saturated rings. The second-order valence-corrected chi connectivity index (χ2v) is 3.02. The van der Waals surface area contributed by atoms with E-state index in [1.165, 1.54) is 19.2 Å². The van der Waals surface area contributed by atoms with Crippen molar-refractivity contribution in [3.05, 3.63) is 35.1 Å². The highest BCUT2D eigenvalue weighted by Crippen LogP contribution is 2.12. The summed E-state index contributed by atoms with van der Waals surface area (Å²) in [5, 5.41) is 13.1. The third kappa shape index (κ3) is 2.44. The van der Waals surface area contributed by atoms with Gasteiger partial charge in [-0.3, -0.25) is 4.79 Å². The standard InChI is InChI=1S/C9H8ClFN2O2/c1-12-9(14)6-3-2-5(4-7(6)11)8(10)13-15/h2-4,15H,1H3,(H,12,14). The molecule has 4 nitrogen and oxygen atoms in total. The average Bonchev–Trinajstić information content (AvgIpc) is 2.26. The number of oxime groups is 1. The van der Waals surface area contributed by atoms with Gasteiger partial charge in [0.1, 0.15) is 5.82 Å². The third-order valence-electron chi connectivity index (χ3n) is 1.77. The van der Waals surface area contributed by atoms with E-state index < -0.39 is 11.7 Å². The van der Waals surface area contributed by atoms with Gasteiger partial charge in [0.2, 0.25) is 0 Å². The summed E-state index contributed by atoms with van der Waals surface area (Å²) in [5.74, 6) is -1.26. The molecule has 15 heavy (non-hydrogen) atoms. The van der Waals surface area contributed by atoms with Crippen LogP contribution < -0.4 is 5.32 Å². The molecule has 1 aromatic rings. The number of nitrogens with one attached hydrogen (secondary N) is 1. The van der Waals surface area contributed by atoms with Gasteiger partial charge in [-0.15, -0.1) is 0 Å². The zero-order valence-corrected chi connectivity index (χ0v) is 8.55. The van der Waals surface area contributed by atoms with E-state index in [4.69, 9.17) is 16.8 Å². The number of carbonyl (C=O) groups excluding carboxylic acids is 1. The summed E-state index contributed by atoms with van der Waals surface area (Å²) in [4.78, 5) is 11.1. The highest BCUT2D eigenvalue weighted by molar-refractivity contribution is 6.69. The molecule has 0 spiro atoms. The van der Waals surface area contributed by atoms with Gasteiger partial charge in [-0.25, -0.2) is 4.39 Å². The Morgan fingerprint density at radius 2 is 2.27 bits per heavy atom. The Kier molecular flexibility index (Phi) is 3.62. The van der Waals surface area contributed by atoms with Gasteiger partial charge < -0.3 is 10.5 Å². The maximum atomic E-state index is 13.3. The van der Waals surface area contributed by atoms with Crippen molar-refractivity contribution in [3.63, 3.8) is 0 Å². The van der Waals surface area contributed by atoms with Gasteiger partial charge >= 0.3 is 0 Å². The summed E-state index contributed by atoms with van der Waals surface area (Å²) >= 11 is 5.46. The Labute approximate surface area is 90.4 Å². The molecule has 6 heteroatoms. The molecule has 0 aliphatic heterocycles. The number of hydrogen-bond acceptors (Lipinski definition) is 3. The summed E-state index contributed by atoms with van der Waals surface area (Å²) in [6.07, 6.45) is 0. The van der Waals surface area contributed by atoms with Gasteiger partial charge in [0.25, 0.3) is 5.91 Å². The molecule has 0 saturated carbocycles. The zero-order valence-electron chi connectivity index (χ0n) is 7.79. The molecule has 0 bridgehead atoms. The Hall–Kier alpha value is -1.62. The second kappa shape index (κ2) is 4.75. The molecular formula is C9H8ClFN2O2. The minimum absolute atomic E-state index is 0.0938. The van der Waals surface area contributed by atoms with E-state index in [1.807, 2.05) is 0 Å². The van der Waals surface area contributed by atoms with Crippen molar-refractivity contribution < 1.29 is 14.4 Å². The Morgan fingerprint density at radius 3 is 2.73 bits per heavy atom. The molecule has 80 valence electrons. The van der Waals surface area contributed by atoms with E-state index in [1.54, 1.807) is 0 Å². The van der Waals surface area contributed by atoms with E-state index in [-0.39, 0.29) is 16.3 Å². The van der Waals surface area contributed by atoms with Crippen molar-refractivity contribution >= 4 is 22.7 Å². The fraction of sp³-hybridized carbons (Fsp3) is 0.111. The maximum absolute atomic E-state index is 13.3. The van der Waals surface area contributed by atoms with Crippen molar-refractivity contribution in [2.24, 2.45) is 5.16 Å².